The van der Waals surface area contributed by atoms with Crippen LogP contribution in [0.5, 0.6) is 11.5 Å². The van der Waals surface area contributed by atoms with Crippen molar-refractivity contribution in [2.24, 2.45) is 0 Å². The Balaban J connectivity index is 1.29. The van der Waals surface area contributed by atoms with Crippen LogP contribution in [0.1, 0.15) is 20.7 Å². The molecule has 7 nitrogen and oxygen atoms in total. The van der Waals surface area contributed by atoms with Gasteiger partial charge < -0.3 is 14.5 Å². The third-order valence-corrected chi connectivity index (χ3v) is 6.66. The number of amides is 2. The average molecular weight is 473 g/mol. The maximum absolute atomic E-state index is 12.9. The second kappa shape index (κ2) is 9.62. The number of piperazine rings is 1. The van der Waals surface area contributed by atoms with Crippen LogP contribution in [0.3, 0.4) is 0 Å². The molecule has 1 fully saturated rings. The number of thiazole rings is 1. The van der Waals surface area contributed by atoms with Gasteiger partial charge in [-0.05, 0) is 55.6 Å². The average Bonchev–Trinajstić information content (AvgIpc) is 3.26. The second-order valence-corrected chi connectivity index (χ2v) is 9.22. The van der Waals surface area contributed by atoms with Gasteiger partial charge in [-0.15, -0.1) is 0 Å². The van der Waals surface area contributed by atoms with Crippen molar-refractivity contribution >= 4 is 38.5 Å². The number of hydrogen-bond acceptors (Lipinski definition) is 6. The molecular formula is C26H24N4O3S. The van der Waals surface area contributed by atoms with E-state index in [1.54, 1.807) is 30.3 Å². The van der Waals surface area contributed by atoms with E-state index < -0.39 is 0 Å². The zero-order chi connectivity index (χ0) is 23.5. The highest BCUT2D eigenvalue weighted by atomic mass is 32.1. The normalized spacial score (nSPS) is 14.2. The first kappa shape index (κ1) is 22.1. The molecule has 8 heteroatoms. The Morgan fingerprint density at radius 2 is 1.65 bits per heavy atom. The fourth-order valence-electron chi connectivity index (χ4n) is 3.80. The summed E-state index contributed by atoms with van der Waals surface area (Å²) in [5, 5.41) is 3.35. The number of para-hydroxylation sites is 1. The molecule has 1 aliphatic rings. The van der Waals surface area contributed by atoms with E-state index in [1.807, 2.05) is 47.4 Å². The molecule has 0 unspecified atom stereocenters. The summed E-state index contributed by atoms with van der Waals surface area (Å²) in [7, 11) is 2.06. The van der Waals surface area contributed by atoms with E-state index in [0.29, 0.717) is 27.8 Å². The summed E-state index contributed by atoms with van der Waals surface area (Å²) in [6, 6.07) is 21.9. The molecule has 1 N–H and O–H groups in total. The van der Waals surface area contributed by atoms with E-state index in [-0.39, 0.29) is 11.8 Å². The van der Waals surface area contributed by atoms with E-state index >= 15 is 0 Å². The zero-order valence-electron chi connectivity index (χ0n) is 18.7. The Labute approximate surface area is 201 Å². The van der Waals surface area contributed by atoms with E-state index in [4.69, 9.17) is 4.74 Å². The molecule has 5 rings (SSSR count). The first-order valence-corrected chi connectivity index (χ1v) is 11.9. The Bertz CT molecular complexity index is 1330. The van der Waals surface area contributed by atoms with Gasteiger partial charge in [-0.3, -0.25) is 14.9 Å². The van der Waals surface area contributed by atoms with Crippen molar-refractivity contribution in [3.8, 4) is 11.5 Å². The zero-order valence-corrected chi connectivity index (χ0v) is 19.5. The molecule has 1 aliphatic heterocycles. The molecule has 0 aliphatic carbocycles. The molecule has 0 saturated carbocycles. The number of nitrogens with zero attached hydrogens (tertiary/aromatic N) is 3. The van der Waals surface area contributed by atoms with E-state index in [9.17, 15) is 9.59 Å². The summed E-state index contributed by atoms with van der Waals surface area (Å²) in [5.41, 5.74) is 1.86. The Hall–Kier alpha value is -3.75. The van der Waals surface area contributed by atoms with E-state index in [0.717, 1.165) is 36.4 Å². The summed E-state index contributed by atoms with van der Waals surface area (Å²) in [5.74, 6) is 1.04. The predicted octanol–water partition coefficient (Wildman–Crippen LogP) is 4.73. The molecule has 1 aromatic heterocycles. The fourth-order valence-corrected chi connectivity index (χ4v) is 4.70. The minimum absolute atomic E-state index is 0.0317. The standard InChI is InChI=1S/C26H24N4O3S/c1-29-12-14-30(15-13-29)25(32)19-10-11-22-23(17-19)34-26(27-22)28-24(31)18-6-5-9-21(16-18)33-20-7-3-2-4-8-20/h2-11,16-17H,12-15H2,1H3,(H,27,28,31). The number of ether oxygens (including phenoxy) is 1. The van der Waals surface area contributed by atoms with Gasteiger partial charge in [-0.25, -0.2) is 4.98 Å². The van der Waals surface area contributed by atoms with E-state index in [2.05, 4.69) is 22.2 Å². The third kappa shape index (κ3) is 4.93. The number of likely N-dealkylation sites (N-methyl/N-ethyl adjacent to an activating group) is 1. The largest absolute Gasteiger partial charge is 0.457 e. The van der Waals surface area contributed by atoms with Gasteiger partial charge in [0.15, 0.2) is 5.13 Å². The van der Waals surface area contributed by atoms with E-state index in [1.165, 1.54) is 11.3 Å². The number of nitrogens with one attached hydrogen (secondary N) is 1. The van der Waals surface area contributed by atoms with Crippen molar-refractivity contribution in [3.63, 3.8) is 0 Å². The lowest BCUT2D eigenvalue weighted by Crippen LogP contribution is -2.47. The van der Waals surface area contributed by atoms with Crippen molar-refractivity contribution in [1.82, 2.24) is 14.8 Å². The van der Waals surface area contributed by atoms with Crippen molar-refractivity contribution < 1.29 is 14.3 Å². The number of fused-ring (bicyclic) bond motifs is 1. The Morgan fingerprint density at radius 3 is 2.44 bits per heavy atom. The number of hydrogen-bond donors (Lipinski definition) is 1. The lowest BCUT2D eigenvalue weighted by atomic mass is 10.1. The molecule has 0 atom stereocenters. The smallest absolute Gasteiger partial charge is 0.257 e. The summed E-state index contributed by atoms with van der Waals surface area (Å²) < 4.78 is 6.69. The van der Waals surface area contributed by atoms with Crippen molar-refractivity contribution in [1.29, 1.82) is 0 Å². The van der Waals surface area contributed by atoms with Crippen molar-refractivity contribution in [2.45, 2.75) is 0 Å². The highest BCUT2D eigenvalue weighted by molar-refractivity contribution is 7.22. The molecule has 1 saturated heterocycles. The molecule has 0 radical (unpaired) electrons. The number of carbonyl (C=O) groups is 2. The van der Waals surface area contributed by atoms with Crippen LogP contribution in [0.25, 0.3) is 10.2 Å². The summed E-state index contributed by atoms with van der Waals surface area (Å²) in [6.45, 7) is 3.21. The minimum atomic E-state index is -0.272. The van der Waals surface area contributed by atoms with Crippen LogP contribution >= 0.6 is 11.3 Å². The third-order valence-electron chi connectivity index (χ3n) is 5.72. The van der Waals surface area contributed by atoms with Gasteiger partial charge in [0.25, 0.3) is 11.8 Å². The van der Waals surface area contributed by atoms with Gasteiger partial charge in [-0.1, -0.05) is 35.6 Å². The van der Waals surface area contributed by atoms with Crippen LogP contribution in [-0.4, -0.2) is 59.8 Å². The van der Waals surface area contributed by atoms with Gasteiger partial charge in [-0.2, -0.15) is 0 Å². The number of rotatable bonds is 5. The highest BCUT2D eigenvalue weighted by Crippen LogP contribution is 2.28. The first-order chi connectivity index (χ1) is 16.5. The van der Waals surface area contributed by atoms with Crippen LogP contribution in [0, 0.1) is 0 Å². The molecule has 4 aromatic rings. The summed E-state index contributed by atoms with van der Waals surface area (Å²) >= 11 is 1.35. The molecule has 0 bridgehead atoms. The van der Waals surface area contributed by atoms with Crippen molar-refractivity contribution in [3.05, 3.63) is 83.9 Å². The van der Waals surface area contributed by atoms with Crippen LogP contribution in [0.15, 0.2) is 72.8 Å². The lowest BCUT2D eigenvalue weighted by Gasteiger charge is -2.32. The van der Waals surface area contributed by atoms with Gasteiger partial charge in [0.1, 0.15) is 11.5 Å². The fraction of sp³-hybridized carbons (Fsp3) is 0.192. The molecule has 3 aromatic carbocycles. The quantitative estimate of drug-likeness (QED) is 0.455. The number of aromatic nitrogens is 1. The number of anilines is 1. The minimum Gasteiger partial charge on any atom is -0.457 e. The number of benzene rings is 3. The van der Waals surface area contributed by atoms with Gasteiger partial charge in [0.05, 0.1) is 10.2 Å². The Kier molecular flexibility index (Phi) is 6.24. The maximum atomic E-state index is 12.9. The molecule has 2 heterocycles. The lowest BCUT2D eigenvalue weighted by molar-refractivity contribution is 0.0664. The molecule has 34 heavy (non-hydrogen) atoms. The maximum Gasteiger partial charge on any atom is 0.257 e. The van der Waals surface area contributed by atoms with Gasteiger partial charge in [0, 0.05) is 37.3 Å². The molecule has 0 spiro atoms. The number of carbonyl (C=O) groups excluding carboxylic acids is 2. The second-order valence-electron chi connectivity index (χ2n) is 8.19. The van der Waals surface area contributed by atoms with Crippen LogP contribution < -0.4 is 10.1 Å². The monoisotopic (exact) mass is 472 g/mol. The SMILES string of the molecule is CN1CCN(C(=O)c2ccc3nc(NC(=O)c4cccc(Oc5ccccc5)c4)sc3c2)CC1. The Morgan fingerprint density at radius 1 is 0.882 bits per heavy atom. The topological polar surface area (TPSA) is 74.8 Å². The molecular weight excluding hydrogens is 448 g/mol. The van der Waals surface area contributed by atoms with Crippen LogP contribution in [0.2, 0.25) is 0 Å². The predicted molar refractivity (Wildman–Crippen MR) is 134 cm³/mol. The summed E-state index contributed by atoms with van der Waals surface area (Å²) in [4.78, 5) is 34.3. The highest BCUT2D eigenvalue weighted by Gasteiger charge is 2.21. The van der Waals surface area contributed by atoms with Crippen molar-refractivity contribution in [2.75, 3.05) is 38.5 Å². The van der Waals surface area contributed by atoms with Gasteiger partial charge in [0.2, 0.25) is 0 Å². The first-order valence-electron chi connectivity index (χ1n) is 11.1. The molecule has 2 amide bonds. The van der Waals surface area contributed by atoms with Crippen LogP contribution in [-0.2, 0) is 0 Å². The molecule has 172 valence electrons. The summed E-state index contributed by atoms with van der Waals surface area (Å²) in [6.07, 6.45) is 0. The van der Waals surface area contributed by atoms with Crippen LogP contribution in [0.4, 0.5) is 5.13 Å². The van der Waals surface area contributed by atoms with Gasteiger partial charge >= 0.3 is 0 Å².